The highest BCUT2D eigenvalue weighted by Gasteiger charge is 2.37. The summed E-state index contributed by atoms with van der Waals surface area (Å²) in [5.74, 6) is -0.384. The van der Waals surface area contributed by atoms with Crippen LogP contribution >= 0.6 is 0 Å². The molecule has 1 heterocycles. The van der Waals surface area contributed by atoms with Gasteiger partial charge in [-0.3, -0.25) is 4.79 Å². The van der Waals surface area contributed by atoms with Crippen molar-refractivity contribution in [3.63, 3.8) is 0 Å². The molecule has 1 atom stereocenters. The van der Waals surface area contributed by atoms with Gasteiger partial charge in [0.15, 0.2) is 0 Å². The molecule has 0 aromatic rings. The topological polar surface area (TPSA) is 40.5 Å². The number of hydrogen-bond donors (Lipinski definition) is 1. The van der Waals surface area contributed by atoms with Gasteiger partial charge >= 0.3 is 5.97 Å². The van der Waals surface area contributed by atoms with Gasteiger partial charge in [0.1, 0.15) is 0 Å². The van der Waals surface area contributed by atoms with E-state index in [1.807, 2.05) is 0 Å². The van der Waals surface area contributed by atoms with E-state index < -0.39 is 5.97 Å². The van der Waals surface area contributed by atoms with Crippen LogP contribution in [0.3, 0.4) is 0 Å². The predicted molar refractivity (Wildman–Crippen MR) is 60.8 cm³/mol. The van der Waals surface area contributed by atoms with Gasteiger partial charge in [0.05, 0.1) is 0 Å². The molecule has 1 rings (SSSR count). The third-order valence-electron chi connectivity index (χ3n) is 3.75. The zero-order chi connectivity index (χ0) is 11.6. The summed E-state index contributed by atoms with van der Waals surface area (Å²) in [5, 5.41) is 8.90. The number of rotatable bonds is 3. The lowest BCUT2D eigenvalue weighted by atomic mass is 9.71. The Balaban J connectivity index is 2.66. The van der Waals surface area contributed by atoms with E-state index in [4.69, 9.17) is 5.11 Å². The number of carboxylic acids is 1. The van der Waals surface area contributed by atoms with Gasteiger partial charge in [-0.25, -0.2) is 0 Å². The Hall–Kier alpha value is -0.570. The average molecular weight is 213 g/mol. The number of hydrogen-bond acceptors (Lipinski definition) is 2. The van der Waals surface area contributed by atoms with E-state index in [-0.39, 0.29) is 11.3 Å². The highest BCUT2D eigenvalue weighted by Crippen LogP contribution is 2.38. The Kier molecular flexibility index (Phi) is 3.77. The summed E-state index contributed by atoms with van der Waals surface area (Å²) in [5.41, 5.74) is 0.170. The van der Waals surface area contributed by atoms with E-state index in [1.165, 1.54) is 0 Å². The highest BCUT2D eigenvalue weighted by atomic mass is 16.4. The maximum absolute atomic E-state index is 10.8. The van der Waals surface area contributed by atoms with Crippen molar-refractivity contribution in [2.75, 3.05) is 13.1 Å². The number of piperidine rings is 1. The van der Waals surface area contributed by atoms with Crippen LogP contribution in [0.15, 0.2) is 0 Å². The van der Waals surface area contributed by atoms with E-state index in [0.717, 1.165) is 19.5 Å². The summed E-state index contributed by atoms with van der Waals surface area (Å²) in [7, 11) is 0. The van der Waals surface area contributed by atoms with Crippen LogP contribution in [0.25, 0.3) is 0 Å². The van der Waals surface area contributed by atoms with Crippen molar-refractivity contribution < 1.29 is 9.90 Å². The Morgan fingerprint density at radius 3 is 2.60 bits per heavy atom. The summed E-state index contributed by atoms with van der Waals surface area (Å²) < 4.78 is 0. The molecule has 3 nitrogen and oxygen atoms in total. The lowest BCUT2D eigenvalue weighted by Gasteiger charge is -2.45. The van der Waals surface area contributed by atoms with Gasteiger partial charge in [-0.05, 0) is 38.1 Å². The van der Waals surface area contributed by atoms with Crippen LogP contribution in [-0.2, 0) is 4.79 Å². The second kappa shape index (κ2) is 4.52. The molecule has 0 aromatic heterocycles. The molecule has 0 saturated carbocycles. The van der Waals surface area contributed by atoms with Crippen molar-refractivity contribution in [2.24, 2.45) is 11.3 Å². The third-order valence-corrected chi connectivity index (χ3v) is 3.75. The monoisotopic (exact) mass is 213 g/mol. The van der Waals surface area contributed by atoms with Crippen molar-refractivity contribution >= 4 is 5.97 Å². The molecule has 0 aliphatic carbocycles. The molecule has 1 saturated heterocycles. The first-order valence-electron chi connectivity index (χ1n) is 5.79. The van der Waals surface area contributed by atoms with Crippen LogP contribution in [-0.4, -0.2) is 35.1 Å². The van der Waals surface area contributed by atoms with E-state index in [0.29, 0.717) is 12.5 Å². The average Bonchev–Trinajstić information content (AvgIpc) is 2.07. The molecule has 1 unspecified atom stereocenters. The standard InChI is InChI=1S/C12H23NO2/c1-9(2)13-6-5-12(3,4)10(8-13)7-11(14)15/h9-10H,5-8H2,1-4H3,(H,14,15). The molecule has 15 heavy (non-hydrogen) atoms. The minimum Gasteiger partial charge on any atom is -0.481 e. The Morgan fingerprint density at radius 2 is 2.13 bits per heavy atom. The molecule has 1 N–H and O–H groups in total. The summed E-state index contributed by atoms with van der Waals surface area (Å²) in [4.78, 5) is 13.2. The summed E-state index contributed by atoms with van der Waals surface area (Å²) in [6.07, 6.45) is 1.40. The predicted octanol–water partition coefficient (Wildman–Crippen LogP) is 2.22. The van der Waals surface area contributed by atoms with Crippen LogP contribution in [0.4, 0.5) is 0 Å². The lowest BCUT2D eigenvalue weighted by molar-refractivity contribution is -0.140. The van der Waals surface area contributed by atoms with E-state index in [2.05, 4.69) is 32.6 Å². The first-order chi connectivity index (χ1) is 6.83. The summed E-state index contributed by atoms with van der Waals surface area (Å²) >= 11 is 0. The minimum absolute atomic E-state index is 0.170. The van der Waals surface area contributed by atoms with Crippen LogP contribution in [0.2, 0.25) is 0 Å². The Labute approximate surface area is 92.5 Å². The van der Waals surface area contributed by atoms with Gasteiger partial charge in [0, 0.05) is 19.0 Å². The molecule has 3 heteroatoms. The SMILES string of the molecule is CC(C)N1CCC(C)(C)C(CC(=O)O)C1. The maximum atomic E-state index is 10.8. The van der Waals surface area contributed by atoms with Gasteiger partial charge in [0.25, 0.3) is 0 Å². The van der Waals surface area contributed by atoms with E-state index in [9.17, 15) is 4.79 Å². The second-order valence-corrected chi connectivity index (χ2v) is 5.62. The lowest BCUT2D eigenvalue weighted by Crippen LogP contribution is -2.48. The fraction of sp³-hybridized carbons (Fsp3) is 0.917. The number of carbonyl (C=O) groups is 1. The van der Waals surface area contributed by atoms with Crippen molar-refractivity contribution in [2.45, 2.75) is 46.6 Å². The molecule has 1 aliphatic heterocycles. The maximum Gasteiger partial charge on any atom is 0.303 e. The number of aliphatic carboxylic acids is 1. The third kappa shape index (κ3) is 3.20. The van der Waals surface area contributed by atoms with Crippen LogP contribution in [0.1, 0.15) is 40.5 Å². The molecule has 1 fully saturated rings. The normalized spacial score (nSPS) is 26.9. The van der Waals surface area contributed by atoms with Crippen LogP contribution in [0, 0.1) is 11.3 Å². The molecule has 0 spiro atoms. The van der Waals surface area contributed by atoms with Crippen molar-refractivity contribution in [3.8, 4) is 0 Å². The quantitative estimate of drug-likeness (QED) is 0.781. The van der Waals surface area contributed by atoms with Gasteiger partial charge in [-0.1, -0.05) is 13.8 Å². The fourth-order valence-electron chi connectivity index (χ4n) is 2.28. The van der Waals surface area contributed by atoms with Crippen molar-refractivity contribution in [1.82, 2.24) is 4.90 Å². The largest absolute Gasteiger partial charge is 0.481 e. The van der Waals surface area contributed by atoms with Crippen molar-refractivity contribution in [1.29, 1.82) is 0 Å². The van der Waals surface area contributed by atoms with Gasteiger partial charge in [0.2, 0.25) is 0 Å². The van der Waals surface area contributed by atoms with Gasteiger partial charge in [-0.2, -0.15) is 0 Å². The molecule has 88 valence electrons. The van der Waals surface area contributed by atoms with Crippen LogP contribution in [0.5, 0.6) is 0 Å². The van der Waals surface area contributed by atoms with Crippen molar-refractivity contribution in [3.05, 3.63) is 0 Å². The molecular formula is C12H23NO2. The summed E-state index contributed by atoms with van der Waals surface area (Å²) in [6, 6.07) is 0.525. The van der Waals surface area contributed by atoms with Gasteiger partial charge < -0.3 is 10.0 Å². The molecule has 0 aromatic carbocycles. The fourth-order valence-corrected chi connectivity index (χ4v) is 2.28. The molecule has 1 aliphatic rings. The molecule has 0 amide bonds. The first kappa shape index (κ1) is 12.5. The Morgan fingerprint density at radius 1 is 1.53 bits per heavy atom. The zero-order valence-corrected chi connectivity index (χ0v) is 10.3. The minimum atomic E-state index is -0.668. The molecule has 0 radical (unpaired) electrons. The molecular weight excluding hydrogens is 190 g/mol. The summed E-state index contributed by atoms with van der Waals surface area (Å²) in [6.45, 7) is 10.8. The van der Waals surface area contributed by atoms with E-state index >= 15 is 0 Å². The van der Waals surface area contributed by atoms with E-state index in [1.54, 1.807) is 0 Å². The first-order valence-corrected chi connectivity index (χ1v) is 5.79. The smallest absolute Gasteiger partial charge is 0.303 e. The second-order valence-electron chi connectivity index (χ2n) is 5.62. The number of nitrogens with zero attached hydrogens (tertiary/aromatic N) is 1. The number of likely N-dealkylation sites (tertiary alicyclic amines) is 1. The zero-order valence-electron chi connectivity index (χ0n) is 10.3. The molecule has 0 bridgehead atoms. The highest BCUT2D eigenvalue weighted by molar-refractivity contribution is 5.67. The van der Waals surface area contributed by atoms with Crippen LogP contribution < -0.4 is 0 Å². The van der Waals surface area contributed by atoms with Gasteiger partial charge in [-0.15, -0.1) is 0 Å². The number of carboxylic acid groups (broad SMARTS) is 1. The Bertz CT molecular complexity index is 236.